The highest BCUT2D eigenvalue weighted by Crippen LogP contribution is 2.34. The van der Waals surface area contributed by atoms with Crippen LogP contribution in [0, 0.1) is 0 Å². The van der Waals surface area contributed by atoms with Gasteiger partial charge in [0, 0.05) is 0 Å². The van der Waals surface area contributed by atoms with Gasteiger partial charge in [-0.2, -0.15) is 0 Å². The average Bonchev–Trinajstić information content (AvgIpc) is 2.72. The van der Waals surface area contributed by atoms with Crippen LogP contribution in [-0.4, -0.2) is 39.0 Å². The lowest BCUT2D eigenvalue weighted by Gasteiger charge is -2.17. The zero-order chi connectivity index (χ0) is 20.5. The molecule has 2 aromatic carbocycles. The van der Waals surface area contributed by atoms with Crippen LogP contribution in [0.1, 0.15) is 36.8 Å². The number of benzene rings is 2. The van der Waals surface area contributed by atoms with Crippen molar-refractivity contribution in [1.82, 2.24) is 0 Å². The summed E-state index contributed by atoms with van der Waals surface area (Å²) in [5.41, 5.74) is 1.49. The molecule has 0 heterocycles. The first kappa shape index (κ1) is 21.4. The van der Waals surface area contributed by atoms with Crippen LogP contribution < -0.4 is 18.9 Å². The number of carboxylic acids is 1. The molecule has 0 amide bonds. The highest BCUT2D eigenvalue weighted by Gasteiger charge is 2.22. The van der Waals surface area contributed by atoms with E-state index in [0.717, 1.165) is 18.4 Å². The lowest BCUT2D eigenvalue weighted by molar-refractivity contribution is -0.138. The molecule has 0 aliphatic heterocycles. The van der Waals surface area contributed by atoms with Crippen LogP contribution in [0.2, 0.25) is 0 Å². The first-order chi connectivity index (χ1) is 13.5. The van der Waals surface area contributed by atoms with Gasteiger partial charge >= 0.3 is 5.97 Å². The van der Waals surface area contributed by atoms with Gasteiger partial charge in [-0.05, 0) is 48.2 Å². The lowest BCUT2D eigenvalue weighted by Crippen LogP contribution is -2.15. The molecule has 6 heteroatoms. The molecule has 0 bridgehead atoms. The van der Waals surface area contributed by atoms with E-state index >= 15 is 0 Å². The minimum atomic E-state index is -0.908. The Balaban J connectivity index is 2.26. The minimum absolute atomic E-state index is 0.316. The largest absolute Gasteiger partial charge is 0.493 e. The molecule has 0 spiro atoms. The van der Waals surface area contributed by atoms with Gasteiger partial charge in [-0.25, -0.2) is 0 Å². The zero-order valence-electron chi connectivity index (χ0n) is 16.9. The van der Waals surface area contributed by atoms with Gasteiger partial charge in [0.15, 0.2) is 23.0 Å². The van der Waals surface area contributed by atoms with E-state index in [9.17, 15) is 9.90 Å². The summed E-state index contributed by atoms with van der Waals surface area (Å²) in [5, 5.41) is 9.77. The highest BCUT2D eigenvalue weighted by molar-refractivity contribution is 5.77. The molecule has 152 valence electrons. The van der Waals surface area contributed by atoms with Crippen LogP contribution >= 0.6 is 0 Å². The molecule has 0 fully saturated rings. The van der Waals surface area contributed by atoms with E-state index in [4.69, 9.17) is 18.9 Å². The molecule has 28 heavy (non-hydrogen) atoms. The standard InChI is InChI=1S/C22H28O6/c1-5-6-11-28-19-9-7-15(13-20(19)26-3)12-17(22(23)24)16-8-10-18(25-2)21(14-16)27-4/h7-10,13-14,17H,5-6,11-12H2,1-4H3,(H,23,24). The van der Waals surface area contributed by atoms with Crippen molar-refractivity contribution < 1.29 is 28.8 Å². The maximum atomic E-state index is 11.9. The van der Waals surface area contributed by atoms with Crippen LogP contribution in [0.15, 0.2) is 36.4 Å². The fourth-order valence-corrected chi connectivity index (χ4v) is 2.94. The zero-order valence-corrected chi connectivity index (χ0v) is 16.9. The second-order valence-corrected chi connectivity index (χ2v) is 6.40. The van der Waals surface area contributed by atoms with E-state index in [2.05, 4.69) is 6.92 Å². The second-order valence-electron chi connectivity index (χ2n) is 6.40. The van der Waals surface area contributed by atoms with Crippen molar-refractivity contribution in [3.63, 3.8) is 0 Å². The van der Waals surface area contributed by atoms with E-state index in [0.29, 0.717) is 41.6 Å². The van der Waals surface area contributed by atoms with Crippen molar-refractivity contribution in [2.24, 2.45) is 0 Å². The number of methoxy groups -OCH3 is 3. The summed E-state index contributed by atoms with van der Waals surface area (Å²) in [5.74, 6) is 0.697. The quantitative estimate of drug-likeness (QED) is 0.579. The van der Waals surface area contributed by atoms with Crippen molar-refractivity contribution in [2.75, 3.05) is 27.9 Å². The smallest absolute Gasteiger partial charge is 0.311 e. The summed E-state index contributed by atoms with van der Waals surface area (Å²) in [7, 11) is 4.65. The van der Waals surface area contributed by atoms with Crippen LogP contribution in [0.25, 0.3) is 0 Å². The minimum Gasteiger partial charge on any atom is -0.493 e. The van der Waals surface area contributed by atoms with Gasteiger partial charge in [-0.15, -0.1) is 0 Å². The number of hydrogen-bond acceptors (Lipinski definition) is 5. The summed E-state index contributed by atoms with van der Waals surface area (Å²) in [6, 6.07) is 10.7. The fourth-order valence-electron chi connectivity index (χ4n) is 2.94. The predicted octanol–water partition coefficient (Wildman–Crippen LogP) is 4.30. The van der Waals surface area contributed by atoms with Gasteiger partial charge in [0.25, 0.3) is 0 Å². The Hall–Kier alpha value is -2.89. The number of aliphatic carboxylic acids is 1. The topological polar surface area (TPSA) is 74.2 Å². The number of rotatable bonds is 11. The van der Waals surface area contributed by atoms with E-state index in [-0.39, 0.29) is 0 Å². The third-order valence-electron chi connectivity index (χ3n) is 4.53. The molecule has 0 saturated carbocycles. The number of ether oxygens (including phenoxy) is 4. The van der Waals surface area contributed by atoms with Gasteiger partial charge in [-0.3, -0.25) is 4.79 Å². The summed E-state index contributed by atoms with van der Waals surface area (Å²) in [4.78, 5) is 11.9. The highest BCUT2D eigenvalue weighted by atomic mass is 16.5. The Morgan fingerprint density at radius 1 is 0.929 bits per heavy atom. The average molecular weight is 388 g/mol. The Labute approximate surface area is 166 Å². The molecule has 1 N–H and O–H groups in total. The molecule has 2 rings (SSSR count). The molecule has 6 nitrogen and oxygen atoms in total. The van der Waals surface area contributed by atoms with Gasteiger partial charge in [0.1, 0.15) is 0 Å². The van der Waals surface area contributed by atoms with Crippen molar-refractivity contribution in [2.45, 2.75) is 32.1 Å². The van der Waals surface area contributed by atoms with Gasteiger partial charge < -0.3 is 24.1 Å². The molecule has 0 aromatic heterocycles. The van der Waals surface area contributed by atoms with Crippen molar-refractivity contribution >= 4 is 5.97 Å². The molecule has 0 aliphatic carbocycles. The third-order valence-corrected chi connectivity index (χ3v) is 4.53. The van der Waals surface area contributed by atoms with Gasteiger partial charge in [-0.1, -0.05) is 25.5 Å². The first-order valence-corrected chi connectivity index (χ1v) is 9.28. The van der Waals surface area contributed by atoms with Crippen molar-refractivity contribution in [1.29, 1.82) is 0 Å². The van der Waals surface area contributed by atoms with E-state index in [1.807, 2.05) is 18.2 Å². The molecule has 0 saturated heterocycles. The molecular formula is C22H28O6. The van der Waals surface area contributed by atoms with Crippen LogP contribution in [-0.2, 0) is 11.2 Å². The molecule has 0 aliphatic rings. The summed E-state index contributed by atoms with van der Waals surface area (Å²) in [6.45, 7) is 2.72. The maximum Gasteiger partial charge on any atom is 0.311 e. The van der Waals surface area contributed by atoms with Gasteiger partial charge in [0.05, 0.1) is 33.9 Å². The van der Waals surface area contributed by atoms with Gasteiger partial charge in [0.2, 0.25) is 0 Å². The Bertz CT molecular complexity index is 787. The Kier molecular flexibility index (Phi) is 7.99. The van der Waals surface area contributed by atoms with Crippen molar-refractivity contribution in [3.8, 4) is 23.0 Å². The van der Waals surface area contributed by atoms with Crippen LogP contribution in [0.4, 0.5) is 0 Å². The Morgan fingerprint density at radius 2 is 1.57 bits per heavy atom. The number of unbranched alkanes of at least 4 members (excludes halogenated alkanes) is 1. The normalized spacial score (nSPS) is 11.6. The van der Waals surface area contributed by atoms with E-state index in [1.165, 1.54) is 7.11 Å². The summed E-state index contributed by atoms with van der Waals surface area (Å²) < 4.78 is 21.7. The van der Waals surface area contributed by atoms with Crippen LogP contribution in [0.3, 0.4) is 0 Å². The number of hydrogen-bond donors (Lipinski definition) is 1. The molecule has 0 radical (unpaired) electrons. The molecular weight excluding hydrogens is 360 g/mol. The Morgan fingerprint density at radius 3 is 2.18 bits per heavy atom. The predicted molar refractivity (Wildman–Crippen MR) is 107 cm³/mol. The molecule has 1 unspecified atom stereocenters. The molecule has 1 atom stereocenters. The first-order valence-electron chi connectivity index (χ1n) is 9.28. The number of carbonyl (C=O) groups is 1. The van der Waals surface area contributed by atoms with E-state index in [1.54, 1.807) is 32.4 Å². The summed E-state index contributed by atoms with van der Waals surface area (Å²) >= 11 is 0. The van der Waals surface area contributed by atoms with Crippen molar-refractivity contribution in [3.05, 3.63) is 47.5 Å². The monoisotopic (exact) mass is 388 g/mol. The number of carboxylic acid groups (broad SMARTS) is 1. The van der Waals surface area contributed by atoms with E-state index < -0.39 is 11.9 Å². The SMILES string of the molecule is CCCCOc1ccc(CC(C(=O)O)c2ccc(OC)c(OC)c2)cc1OC. The van der Waals surface area contributed by atoms with Crippen LogP contribution in [0.5, 0.6) is 23.0 Å². The third kappa shape index (κ3) is 5.31. The summed E-state index contributed by atoms with van der Waals surface area (Å²) in [6.07, 6.45) is 2.33. The lowest BCUT2D eigenvalue weighted by atomic mass is 9.91. The maximum absolute atomic E-state index is 11.9. The molecule has 2 aromatic rings. The second kappa shape index (κ2) is 10.4. The fraction of sp³-hybridized carbons (Fsp3) is 0.409.